The van der Waals surface area contributed by atoms with Gasteiger partial charge in [-0.2, -0.15) is 5.10 Å². The Hall–Kier alpha value is -0.830. The molecule has 0 atom stereocenters. The highest BCUT2D eigenvalue weighted by Crippen LogP contribution is 2.46. The van der Waals surface area contributed by atoms with Crippen LogP contribution in [0.1, 0.15) is 25.3 Å². The van der Waals surface area contributed by atoms with Crippen LogP contribution in [0.2, 0.25) is 0 Å². The van der Waals surface area contributed by atoms with E-state index in [1.165, 1.54) is 18.4 Å². The van der Waals surface area contributed by atoms with Crippen LogP contribution >= 0.6 is 0 Å². The molecule has 1 aromatic heterocycles. The van der Waals surface area contributed by atoms with Crippen molar-refractivity contribution >= 4 is 0 Å². The topological polar surface area (TPSA) is 43.8 Å². The maximum atomic E-state index is 5.71. The smallest absolute Gasteiger partial charge is 0.0527 e. The average molecular weight is 165 g/mol. The summed E-state index contributed by atoms with van der Waals surface area (Å²) >= 11 is 0. The fourth-order valence-electron chi connectivity index (χ4n) is 1.57. The molecule has 1 aliphatic carbocycles. The summed E-state index contributed by atoms with van der Waals surface area (Å²) in [5.74, 6) is 0. The highest BCUT2D eigenvalue weighted by molar-refractivity contribution is 5.27. The van der Waals surface area contributed by atoms with Crippen LogP contribution in [0.4, 0.5) is 0 Å². The fraction of sp³-hybridized carbons (Fsp3) is 0.667. The molecule has 0 saturated heterocycles. The third-order valence-corrected chi connectivity index (χ3v) is 2.81. The van der Waals surface area contributed by atoms with Gasteiger partial charge in [0.2, 0.25) is 0 Å². The van der Waals surface area contributed by atoms with Gasteiger partial charge < -0.3 is 5.73 Å². The molecule has 1 aliphatic rings. The van der Waals surface area contributed by atoms with E-state index < -0.39 is 0 Å². The Morgan fingerprint density at radius 3 is 2.83 bits per heavy atom. The van der Waals surface area contributed by atoms with E-state index in [0.717, 1.165) is 13.1 Å². The molecule has 2 N–H and O–H groups in total. The second-order valence-electron chi connectivity index (χ2n) is 3.57. The second-order valence-corrected chi connectivity index (χ2v) is 3.57. The molecule has 1 heterocycles. The molecule has 0 bridgehead atoms. The monoisotopic (exact) mass is 165 g/mol. The van der Waals surface area contributed by atoms with E-state index in [9.17, 15) is 0 Å². The molecule has 0 amide bonds. The first-order valence-electron chi connectivity index (χ1n) is 4.54. The largest absolute Gasteiger partial charge is 0.330 e. The van der Waals surface area contributed by atoms with Gasteiger partial charge in [0, 0.05) is 24.7 Å². The van der Waals surface area contributed by atoms with Gasteiger partial charge >= 0.3 is 0 Å². The summed E-state index contributed by atoms with van der Waals surface area (Å²) in [6.45, 7) is 3.81. The quantitative estimate of drug-likeness (QED) is 0.723. The molecule has 0 radical (unpaired) electrons. The Morgan fingerprint density at radius 1 is 1.67 bits per heavy atom. The Morgan fingerprint density at radius 2 is 2.42 bits per heavy atom. The minimum absolute atomic E-state index is 0.299. The van der Waals surface area contributed by atoms with Gasteiger partial charge in [-0.25, -0.2) is 0 Å². The number of aromatic nitrogens is 2. The Labute approximate surface area is 72.6 Å². The molecule has 1 saturated carbocycles. The van der Waals surface area contributed by atoms with Crippen LogP contribution in [0.15, 0.2) is 12.4 Å². The minimum Gasteiger partial charge on any atom is -0.330 e. The molecular weight excluding hydrogens is 150 g/mol. The zero-order chi connectivity index (χ0) is 8.60. The molecule has 0 spiro atoms. The van der Waals surface area contributed by atoms with Crippen molar-refractivity contribution in [1.29, 1.82) is 0 Å². The number of rotatable bonds is 3. The zero-order valence-electron chi connectivity index (χ0n) is 7.45. The van der Waals surface area contributed by atoms with E-state index in [-0.39, 0.29) is 0 Å². The lowest BCUT2D eigenvalue weighted by Gasteiger charge is -2.07. The molecular formula is C9H15N3. The van der Waals surface area contributed by atoms with Gasteiger partial charge in [-0.15, -0.1) is 0 Å². The normalized spacial score (nSPS) is 19.5. The van der Waals surface area contributed by atoms with E-state index in [1.807, 2.05) is 10.9 Å². The predicted molar refractivity (Wildman–Crippen MR) is 47.9 cm³/mol. The van der Waals surface area contributed by atoms with E-state index in [1.54, 1.807) is 0 Å². The van der Waals surface area contributed by atoms with Gasteiger partial charge in [-0.1, -0.05) is 0 Å². The van der Waals surface area contributed by atoms with Crippen LogP contribution in [-0.2, 0) is 12.0 Å². The average Bonchev–Trinajstić information content (AvgIpc) is 2.77. The third kappa shape index (κ3) is 1.05. The lowest BCUT2D eigenvalue weighted by Crippen LogP contribution is -2.18. The first-order chi connectivity index (χ1) is 5.80. The van der Waals surface area contributed by atoms with Crippen LogP contribution in [0, 0.1) is 0 Å². The van der Waals surface area contributed by atoms with Crippen molar-refractivity contribution in [3.8, 4) is 0 Å². The van der Waals surface area contributed by atoms with E-state index in [2.05, 4.69) is 18.2 Å². The molecule has 0 unspecified atom stereocenters. The van der Waals surface area contributed by atoms with Crippen molar-refractivity contribution in [1.82, 2.24) is 9.78 Å². The van der Waals surface area contributed by atoms with Gasteiger partial charge in [-0.3, -0.25) is 4.68 Å². The van der Waals surface area contributed by atoms with Gasteiger partial charge in [0.1, 0.15) is 0 Å². The van der Waals surface area contributed by atoms with Crippen molar-refractivity contribution in [2.45, 2.75) is 31.7 Å². The van der Waals surface area contributed by atoms with Crippen molar-refractivity contribution < 1.29 is 0 Å². The van der Waals surface area contributed by atoms with Crippen LogP contribution in [0.25, 0.3) is 0 Å². The van der Waals surface area contributed by atoms with Crippen molar-refractivity contribution in [2.75, 3.05) is 6.54 Å². The summed E-state index contributed by atoms with van der Waals surface area (Å²) in [5, 5.41) is 4.25. The number of aryl methyl sites for hydroxylation is 1. The molecule has 1 fully saturated rings. The lowest BCUT2D eigenvalue weighted by atomic mass is 10.0. The maximum Gasteiger partial charge on any atom is 0.0527 e. The highest BCUT2D eigenvalue weighted by Gasteiger charge is 2.43. The second kappa shape index (κ2) is 2.59. The molecule has 3 nitrogen and oxygen atoms in total. The van der Waals surface area contributed by atoms with Crippen molar-refractivity contribution in [3.63, 3.8) is 0 Å². The first-order valence-corrected chi connectivity index (χ1v) is 4.54. The summed E-state index contributed by atoms with van der Waals surface area (Å²) in [6, 6.07) is 0. The summed E-state index contributed by atoms with van der Waals surface area (Å²) in [4.78, 5) is 0. The molecule has 66 valence electrons. The van der Waals surface area contributed by atoms with Crippen LogP contribution in [0.3, 0.4) is 0 Å². The SMILES string of the molecule is CCn1cc(C2(CN)CC2)cn1. The van der Waals surface area contributed by atoms with Gasteiger partial charge in [0.05, 0.1) is 6.20 Å². The maximum absolute atomic E-state index is 5.71. The molecule has 2 rings (SSSR count). The molecule has 3 heteroatoms. The molecule has 1 aromatic rings. The third-order valence-electron chi connectivity index (χ3n) is 2.81. The van der Waals surface area contributed by atoms with Gasteiger partial charge in [-0.05, 0) is 25.3 Å². The number of hydrogen-bond acceptors (Lipinski definition) is 2. The summed E-state index contributed by atoms with van der Waals surface area (Å²) in [6.07, 6.45) is 6.56. The Balaban J connectivity index is 2.23. The molecule has 12 heavy (non-hydrogen) atoms. The summed E-state index contributed by atoms with van der Waals surface area (Å²) in [7, 11) is 0. The van der Waals surface area contributed by atoms with Crippen molar-refractivity contribution in [2.24, 2.45) is 5.73 Å². The molecule has 0 aliphatic heterocycles. The molecule has 0 aromatic carbocycles. The van der Waals surface area contributed by atoms with Crippen molar-refractivity contribution in [3.05, 3.63) is 18.0 Å². The van der Waals surface area contributed by atoms with Crippen LogP contribution in [-0.4, -0.2) is 16.3 Å². The van der Waals surface area contributed by atoms with E-state index >= 15 is 0 Å². The highest BCUT2D eigenvalue weighted by atomic mass is 15.3. The number of nitrogens with zero attached hydrogens (tertiary/aromatic N) is 2. The first kappa shape index (κ1) is 7.80. The Kier molecular flexibility index (Phi) is 1.68. The number of nitrogens with two attached hydrogens (primary N) is 1. The summed E-state index contributed by atoms with van der Waals surface area (Å²) < 4.78 is 1.96. The lowest BCUT2D eigenvalue weighted by molar-refractivity contribution is 0.654. The number of hydrogen-bond donors (Lipinski definition) is 1. The summed E-state index contributed by atoms with van der Waals surface area (Å²) in [5.41, 5.74) is 7.34. The Bertz CT molecular complexity index is 273. The zero-order valence-corrected chi connectivity index (χ0v) is 7.45. The van der Waals surface area contributed by atoms with E-state index in [4.69, 9.17) is 5.73 Å². The van der Waals surface area contributed by atoms with Gasteiger partial charge in [0.25, 0.3) is 0 Å². The predicted octanol–water partition coefficient (Wildman–Crippen LogP) is 0.893. The van der Waals surface area contributed by atoms with Crippen LogP contribution in [0.5, 0.6) is 0 Å². The standard InChI is InChI=1S/C9H15N3/c1-2-12-6-8(5-11-12)9(7-10)3-4-9/h5-6H,2-4,7,10H2,1H3. The van der Waals surface area contributed by atoms with Crippen LogP contribution < -0.4 is 5.73 Å². The van der Waals surface area contributed by atoms with Gasteiger partial charge in [0.15, 0.2) is 0 Å². The fourth-order valence-corrected chi connectivity index (χ4v) is 1.57. The van der Waals surface area contributed by atoms with E-state index in [0.29, 0.717) is 5.41 Å². The minimum atomic E-state index is 0.299.